The van der Waals surface area contributed by atoms with Crippen LogP contribution in [0.25, 0.3) is 0 Å². The van der Waals surface area contributed by atoms with Crippen LogP contribution in [-0.4, -0.2) is 23.7 Å². The number of hydrogen-bond donors (Lipinski definition) is 2. The zero-order valence-corrected chi connectivity index (χ0v) is 6.47. The molecule has 0 radical (unpaired) electrons. The maximum atomic E-state index is 10.8. The highest BCUT2D eigenvalue weighted by molar-refractivity contribution is 7.44. The van der Waals surface area contributed by atoms with Crippen molar-refractivity contribution < 1.29 is 9.67 Å². The molecule has 3 nitrogen and oxygen atoms in total. The van der Waals surface area contributed by atoms with Gasteiger partial charge in [0.2, 0.25) is 0 Å². The van der Waals surface area contributed by atoms with E-state index in [2.05, 4.69) is 0 Å². The number of rotatable bonds is 4. The monoisotopic (exact) mass is 150 g/mol. The molecule has 0 rings (SSSR count). The first kappa shape index (κ1) is 9.02. The lowest BCUT2D eigenvalue weighted by molar-refractivity contribution is 0.206. The molecule has 3 N–H and O–H groups in total. The Labute approximate surface area is 56.0 Å². The van der Waals surface area contributed by atoms with Crippen LogP contribution in [0.1, 0.15) is 13.3 Å². The highest BCUT2D eigenvalue weighted by Gasteiger charge is 2.16. The number of aliphatic hydroxyl groups excluding tert-OH is 1. The summed E-state index contributed by atoms with van der Waals surface area (Å²) in [5.74, 6) is 0. The largest absolute Gasteiger partial charge is 0.374 e. The van der Waals surface area contributed by atoms with Crippen LogP contribution in [0.2, 0.25) is 0 Å². The fraction of sp³-hybridized carbons (Fsp3) is 1.00. The normalized spacial score (nSPS) is 15.2. The van der Waals surface area contributed by atoms with Crippen molar-refractivity contribution in [1.82, 2.24) is 0 Å². The van der Waals surface area contributed by atoms with Crippen LogP contribution in [0.4, 0.5) is 0 Å². The third-order valence-electron chi connectivity index (χ3n) is 0.864. The molecule has 0 saturated heterocycles. The summed E-state index contributed by atoms with van der Waals surface area (Å²) in [6.45, 7) is 1.95. The number of nitrogens with two attached hydrogens (primary N) is 1. The molecule has 0 aliphatic heterocycles. The maximum absolute atomic E-state index is 10.8. The Hall–Kier alpha value is 0.0200. The third-order valence-corrected chi connectivity index (χ3v) is 2.59. The molecule has 54 valence electrons. The van der Waals surface area contributed by atoms with E-state index in [-0.39, 0.29) is 6.16 Å². The fourth-order valence-electron chi connectivity index (χ4n) is 0.549. The first-order valence-corrected chi connectivity index (χ1v) is 4.65. The summed E-state index contributed by atoms with van der Waals surface area (Å²) < 4.78 is 10.8. The zero-order valence-electron chi connectivity index (χ0n) is 5.58. The smallest absolute Gasteiger partial charge is 0.342 e. The molecule has 0 heterocycles. The second kappa shape index (κ2) is 4.86. The maximum Gasteiger partial charge on any atom is 0.342 e. The Kier molecular flexibility index (Phi) is 4.87. The molecule has 0 bridgehead atoms. The minimum absolute atomic E-state index is 0.239. The van der Waals surface area contributed by atoms with Gasteiger partial charge in [-0.15, -0.1) is 0 Å². The van der Waals surface area contributed by atoms with E-state index in [4.69, 9.17) is 10.8 Å². The molecule has 0 aliphatic carbocycles. The van der Waals surface area contributed by atoms with Crippen LogP contribution in [0.3, 0.4) is 0 Å². The predicted octanol–water partition coefficient (Wildman–Crippen LogP) is 0.501. The first-order chi connectivity index (χ1) is 4.16. The van der Waals surface area contributed by atoms with Crippen molar-refractivity contribution in [2.24, 2.45) is 5.73 Å². The van der Waals surface area contributed by atoms with Gasteiger partial charge in [0.15, 0.2) is 6.16 Å². The summed E-state index contributed by atoms with van der Waals surface area (Å²) in [6.07, 6.45) is 0.898. The zero-order chi connectivity index (χ0) is 7.28. The van der Waals surface area contributed by atoms with E-state index >= 15 is 0 Å². The molecule has 0 aromatic carbocycles. The molecular weight excluding hydrogens is 137 g/mol. The Morgan fingerprint density at radius 3 is 2.67 bits per heavy atom. The number of aliphatic hydroxyl groups is 1. The SMILES string of the molecule is CCC[P+](=O)CC(N)O. The van der Waals surface area contributed by atoms with E-state index < -0.39 is 14.0 Å². The lowest BCUT2D eigenvalue weighted by Crippen LogP contribution is -2.21. The Morgan fingerprint density at radius 2 is 2.33 bits per heavy atom. The molecule has 9 heavy (non-hydrogen) atoms. The fourth-order valence-corrected chi connectivity index (χ4v) is 1.65. The molecule has 0 fully saturated rings. The van der Waals surface area contributed by atoms with Crippen LogP contribution >= 0.6 is 7.80 Å². The van der Waals surface area contributed by atoms with Gasteiger partial charge in [0.1, 0.15) is 12.4 Å². The lowest BCUT2D eigenvalue weighted by atomic mass is 10.6. The van der Waals surface area contributed by atoms with Gasteiger partial charge >= 0.3 is 7.80 Å². The van der Waals surface area contributed by atoms with Crippen molar-refractivity contribution in [2.75, 3.05) is 12.3 Å². The molecule has 0 saturated carbocycles. The molecule has 0 spiro atoms. The van der Waals surface area contributed by atoms with Gasteiger partial charge in [-0.1, -0.05) is 11.5 Å². The highest BCUT2D eigenvalue weighted by Crippen LogP contribution is 2.20. The van der Waals surface area contributed by atoms with Crippen LogP contribution in [-0.2, 0) is 4.57 Å². The summed E-state index contributed by atoms with van der Waals surface area (Å²) in [5, 5.41) is 8.54. The Balaban J connectivity index is 3.27. The number of hydrogen-bond acceptors (Lipinski definition) is 3. The highest BCUT2D eigenvalue weighted by atomic mass is 31.1. The average molecular weight is 150 g/mol. The molecule has 0 amide bonds. The molecule has 2 unspecified atom stereocenters. The minimum Gasteiger partial charge on any atom is -0.374 e. The van der Waals surface area contributed by atoms with Crippen LogP contribution in [0, 0.1) is 0 Å². The topological polar surface area (TPSA) is 63.3 Å². The summed E-state index contributed by atoms with van der Waals surface area (Å²) in [7, 11) is -1.25. The van der Waals surface area contributed by atoms with Crippen molar-refractivity contribution in [3.63, 3.8) is 0 Å². The van der Waals surface area contributed by atoms with Crippen molar-refractivity contribution in [3.8, 4) is 0 Å². The molecule has 0 aromatic rings. The van der Waals surface area contributed by atoms with E-state index in [9.17, 15) is 4.57 Å². The van der Waals surface area contributed by atoms with E-state index in [1.165, 1.54) is 0 Å². The predicted molar refractivity (Wildman–Crippen MR) is 37.8 cm³/mol. The van der Waals surface area contributed by atoms with Crippen molar-refractivity contribution in [1.29, 1.82) is 0 Å². The van der Waals surface area contributed by atoms with E-state index in [0.29, 0.717) is 6.16 Å². The van der Waals surface area contributed by atoms with Crippen molar-refractivity contribution in [3.05, 3.63) is 0 Å². The van der Waals surface area contributed by atoms with Crippen LogP contribution in [0.5, 0.6) is 0 Å². The van der Waals surface area contributed by atoms with E-state index in [0.717, 1.165) is 6.42 Å². The van der Waals surface area contributed by atoms with Crippen LogP contribution in [0.15, 0.2) is 0 Å². The quantitative estimate of drug-likeness (QED) is 0.453. The third kappa shape index (κ3) is 5.90. The van der Waals surface area contributed by atoms with Gasteiger partial charge < -0.3 is 10.8 Å². The molecule has 0 aliphatic rings. The van der Waals surface area contributed by atoms with E-state index in [1.54, 1.807) is 0 Å². The van der Waals surface area contributed by atoms with Gasteiger partial charge in [0.05, 0.1) is 0 Å². The second-order valence-corrected chi connectivity index (χ2v) is 3.73. The summed E-state index contributed by atoms with van der Waals surface area (Å²) in [4.78, 5) is 0. The van der Waals surface area contributed by atoms with E-state index in [1.807, 2.05) is 6.92 Å². The Bertz CT molecular complexity index is 95.0. The van der Waals surface area contributed by atoms with Crippen molar-refractivity contribution in [2.45, 2.75) is 19.6 Å². The lowest BCUT2D eigenvalue weighted by Gasteiger charge is -1.91. The van der Waals surface area contributed by atoms with Gasteiger partial charge in [-0.3, -0.25) is 0 Å². The molecule has 0 aromatic heterocycles. The summed E-state index contributed by atoms with van der Waals surface area (Å²) in [5.41, 5.74) is 5.00. The standard InChI is InChI=1S/C5H13NO2P/c1-2-3-9(8)4-5(6)7/h5,7H,2-4,6H2,1H3/q+1. The molecule has 2 atom stereocenters. The second-order valence-electron chi connectivity index (χ2n) is 1.96. The van der Waals surface area contributed by atoms with Crippen molar-refractivity contribution >= 4 is 7.80 Å². The average Bonchev–Trinajstić information content (AvgIpc) is 1.63. The van der Waals surface area contributed by atoms with Gasteiger partial charge in [0.25, 0.3) is 0 Å². The summed E-state index contributed by atoms with van der Waals surface area (Å²) >= 11 is 0. The molecule has 4 heteroatoms. The van der Waals surface area contributed by atoms with Gasteiger partial charge in [-0.25, -0.2) is 0 Å². The van der Waals surface area contributed by atoms with Crippen LogP contribution < -0.4 is 5.73 Å². The Morgan fingerprint density at radius 1 is 1.78 bits per heavy atom. The minimum atomic E-state index is -1.25. The van der Waals surface area contributed by atoms with Gasteiger partial charge in [-0.05, 0) is 6.42 Å². The van der Waals surface area contributed by atoms with Gasteiger partial charge in [-0.2, -0.15) is 0 Å². The molecular formula is C5H13NO2P+. The summed E-state index contributed by atoms with van der Waals surface area (Å²) in [6, 6.07) is 0. The first-order valence-electron chi connectivity index (χ1n) is 3.02. The van der Waals surface area contributed by atoms with Gasteiger partial charge in [0, 0.05) is 0 Å².